The lowest BCUT2D eigenvalue weighted by Gasteiger charge is -2.27. The first-order valence-electron chi connectivity index (χ1n) is 13.7. The summed E-state index contributed by atoms with van der Waals surface area (Å²) in [4.78, 5) is 58.8. The van der Waals surface area contributed by atoms with Gasteiger partial charge in [-0.15, -0.1) is 0 Å². The summed E-state index contributed by atoms with van der Waals surface area (Å²) in [5, 5.41) is 28.2. The van der Waals surface area contributed by atoms with E-state index >= 15 is 0 Å². The molecule has 222 valence electrons. The summed E-state index contributed by atoms with van der Waals surface area (Å²) in [6, 6.07) is 3.94. The number of Topliss-reactive ketones (excluding diaryl/α,β-unsaturated/α-hetero) is 1. The fourth-order valence-corrected chi connectivity index (χ4v) is 6.30. The van der Waals surface area contributed by atoms with E-state index in [1.54, 1.807) is 43.7 Å². The average molecular weight is 650 g/mol. The lowest BCUT2D eigenvalue weighted by atomic mass is 9.93. The zero-order valence-electron chi connectivity index (χ0n) is 23.7. The number of aryl methyl sites for hydroxylation is 2. The average Bonchev–Trinajstić information content (AvgIpc) is 3.43. The number of piperidine rings is 1. The van der Waals surface area contributed by atoms with Gasteiger partial charge in [-0.2, -0.15) is 5.10 Å². The van der Waals surface area contributed by atoms with Crippen LogP contribution in [0.3, 0.4) is 0 Å². The molecule has 2 aliphatic rings. The van der Waals surface area contributed by atoms with Gasteiger partial charge in [-0.3, -0.25) is 24.0 Å². The van der Waals surface area contributed by atoms with Gasteiger partial charge < -0.3 is 20.4 Å². The van der Waals surface area contributed by atoms with Gasteiger partial charge in [0.2, 0.25) is 11.8 Å². The second-order valence-corrected chi connectivity index (χ2v) is 11.9. The van der Waals surface area contributed by atoms with Gasteiger partial charge in [-0.05, 0) is 60.3 Å². The van der Waals surface area contributed by atoms with Gasteiger partial charge in [-0.25, -0.2) is 15.0 Å². The van der Waals surface area contributed by atoms with Crippen LogP contribution in [0.25, 0.3) is 22.2 Å². The van der Waals surface area contributed by atoms with Crippen molar-refractivity contribution >= 4 is 50.2 Å². The Morgan fingerprint density at radius 3 is 2.58 bits per heavy atom. The highest BCUT2D eigenvalue weighted by molar-refractivity contribution is 9.10. The van der Waals surface area contributed by atoms with Gasteiger partial charge in [0.25, 0.3) is 0 Å². The molecule has 1 aliphatic carbocycles. The third-order valence-corrected chi connectivity index (χ3v) is 8.83. The Labute approximate surface area is 254 Å². The lowest BCUT2D eigenvalue weighted by Crippen LogP contribution is -2.47. The van der Waals surface area contributed by atoms with Gasteiger partial charge in [-0.1, -0.05) is 6.07 Å². The molecule has 3 N–H and O–H groups in total. The minimum Gasteiger partial charge on any atom is -0.394 e. The van der Waals surface area contributed by atoms with Crippen LogP contribution in [0.5, 0.6) is 0 Å². The van der Waals surface area contributed by atoms with E-state index in [4.69, 9.17) is 0 Å². The number of aliphatic hydroxyl groups excluding tert-OH is 2. The van der Waals surface area contributed by atoms with E-state index in [0.717, 1.165) is 5.56 Å². The molecule has 0 bridgehead atoms. The van der Waals surface area contributed by atoms with Crippen LogP contribution in [-0.4, -0.2) is 87.2 Å². The van der Waals surface area contributed by atoms with Crippen LogP contribution < -0.4 is 5.32 Å². The standard InChI is InChI=1S/C29H29BrN8O5/c1-14-4-5-24(30)34-27(14)35-28(43)20-7-29(23(41)13-39)8-22(29)38(20)25(42)12-37-21-11-33-19(17-9-31-16(3)32-10-17)6-18(21)26(36-37)15(2)40/h4-6,9-11,20,22-23,39,41H,7-8,12-13H2,1-3H3,(H,34,35,43)/t20-,22?,23?,29+/m0/s1. The molecule has 1 saturated heterocycles. The summed E-state index contributed by atoms with van der Waals surface area (Å²) in [7, 11) is 0. The molecule has 0 spiro atoms. The molecule has 2 fully saturated rings. The highest BCUT2D eigenvalue weighted by Gasteiger charge is 2.70. The van der Waals surface area contributed by atoms with Crippen molar-refractivity contribution in [3.63, 3.8) is 0 Å². The number of hydrogen-bond acceptors (Lipinski definition) is 10. The lowest BCUT2D eigenvalue weighted by molar-refractivity contribution is -0.138. The quantitative estimate of drug-likeness (QED) is 0.190. The number of fused-ring (bicyclic) bond motifs is 2. The molecule has 1 aliphatic heterocycles. The fraction of sp³-hybridized carbons (Fsp3) is 0.379. The SMILES string of the molecule is CC(=O)c1nn(CC(=O)N2C3C[C@]3(C(O)CO)C[C@H]2C(=O)Nc2nc(Br)ccc2C)c2cnc(-c3cnc(C)nc3)cc12. The van der Waals surface area contributed by atoms with Crippen molar-refractivity contribution in [2.75, 3.05) is 11.9 Å². The molecule has 43 heavy (non-hydrogen) atoms. The van der Waals surface area contributed by atoms with Crippen molar-refractivity contribution < 1.29 is 24.6 Å². The first-order valence-corrected chi connectivity index (χ1v) is 14.5. The van der Waals surface area contributed by atoms with E-state index in [9.17, 15) is 24.6 Å². The fourth-order valence-electron chi connectivity index (χ4n) is 5.99. The Bertz CT molecular complexity index is 1780. The second-order valence-electron chi connectivity index (χ2n) is 11.1. The maximum absolute atomic E-state index is 13.9. The minimum absolute atomic E-state index is 0.183. The predicted molar refractivity (Wildman–Crippen MR) is 158 cm³/mol. The van der Waals surface area contributed by atoms with Crippen molar-refractivity contribution in [2.45, 2.75) is 58.3 Å². The summed E-state index contributed by atoms with van der Waals surface area (Å²) in [6.07, 6.45) is 4.39. The third kappa shape index (κ3) is 5.08. The van der Waals surface area contributed by atoms with E-state index in [1.807, 2.05) is 6.92 Å². The molecule has 0 radical (unpaired) electrons. The molecule has 4 atom stereocenters. The van der Waals surface area contributed by atoms with E-state index in [2.05, 4.69) is 46.3 Å². The number of ketones is 1. The van der Waals surface area contributed by atoms with Crippen molar-refractivity contribution in [2.24, 2.45) is 5.41 Å². The summed E-state index contributed by atoms with van der Waals surface area (Å²) in [5.74, 6) is -0.168. The van der Waals surface area contributed by atoms with Crippen LogP contribution in [0.1, 0.15) is 41.6 Å². The van der Waals surface area contributed by atoms with Crippen molar-refractivity contribution in [1.82, 2.24) is 34.6 Å². The molecule has 5 heterocycles. The molecular formula is C29H29BrN8O5. The van der Waals surface area contributed by atoms with Crippen LogP contribution in [0.15, 0.2) is 41.4 Å². The normalized spacial score (nSPS) is 21.5. The monoisotopic (exact) mass is 648 g/mol. The van der Waals surface area contributed by atoms with Gasteiger partial charge in [0, 0.05) is 41.7 Å². The number of aromatic nitrogens is 6. The third-order valence-electron chi connectivity index (χ3n) is 8.39. The number of aliphatic hydroxyl groups is 2. The Hall–Kier alpha value is -4.14. The number of halogens is 1. The smallest absolute Gasteiger partial charge is 0.248 e. The first kappa shape index (κ1) is 29.0. The van der Waals surface area contributed by atoms with E-state index in [1.165, 1.54) is 16.5 Å². The second kappa shape index (κ2) is 10.8. The summed E-state index contributed by atoms with van der Waals surface area (Å²) in [5.41, 5.74) is 1.83. The maximum atomic E-state index is 13.9. The molecule has 4 aromatic heterocycles. The zero-order valence-corrected chi connectivity index (χ0v) is 25.2. The van der Waals surface area contributed by atoms with Gasteiger partial charge in [0.1, 0.15) is 34.5 Å². The number of anilines is 1. The van der Waals surface area contributed by atoms with Crippen LogP contribution >= 0.6 is 15.9 Å². The minimum atomic E-state index is -1.08. The van der Waals surface area contributed by atoms with Crippen LogP contribution in [0.2, 0.25) is 0 Å². The molecule has 0 aromatic carbocycles. The Morgan fingerprint density at radius 1 is 1.14 bits per heavy atom. The van der Waals surface area contributed by atoms with Gasteiger partial charge in [0.05, 0.1) is 30.1 Å². The maximum Gasteiger partial charge on any atom is 0.248 e. The number of nitrogens with one attached hydrogen (secondary N) is 1. The van der Waals surface area contributed by atoms with Gasteiger partial charge >= 0.3 is 0 Å². The highest BCUT2D eigenvalue weighted by atomic mass is 79.9. The van der Waals surface area contributed by atoms with Crippen molar-refractivity contribution in [3.8, 4) is 11.3 Å². The molecule has 2 amide bonds. The number of rotatable bonds is 8. The molecule has 13 nitrogen and oxygen atoms in total. The molecular weight excluding hydrogens is 620 g/mol. The van der Waals surface area contributed by atoms with Crippen LogP contribution in [-0.2, 0) is 16.1 Å². The summed E-state index contributed by atoms with van der Waals surface area (Å²) in [6.45, 7) is 4.24. The molecule has 4 aromatic rings. The number of nitrogens with zero attached hydrogens (tertiary/aromatic N) is 7. The summed E-state index contributed by atoms with van der Waals surface area (Å²) < 4.78 is 1.96. The van der Waals surface area contributed by atoms with Crippen LogP contribution in [0.4, 0.5) is 5.82 Å². The van der Waals surface area contributed by atoms with Crippen molar-refractivity contribution in [1.29, 1.82) is 0 Å². The summed E-state index contributed by atoms with van der Waals surface area (Å²) >= 11 is 3.31. The molecule has 1 saturated carbocycles. The number of likely N-dealkylation sites (tertiary alicyclic amines) is 1. The predicted octanol–water partition coefficient (Wildman–Crippen LogP) is 2.22. The number of pyridine rings is 2. The number of carbonyl (C=O) groups is 3. The van der Waals surface area contributed by atoms with E-state index in [0.29, 0.717) is 44.8 Å². The Kier molecular flexibility index (Phi) is 7.30. The van der Waals surface area contributed by atoms with Crippen molar-refractivity contribution in [3.05, 3.63) is 58.5 Å². The van der Waals surface area contributed by atoms with Gasteiger partial charge in [0.15, 0.2) is 5.78 Å². The van der Waals surface area contributed by atoms with E-state index in [-0.39, 0.29) is 24.4 Å². The zero-order chi connectivity index (χ0) is 30.6. The van der Waals surface area contributed by atoms with E-state index < -0.39 is 42.0 Å². The molecule has 14 heteroatoms. The largest absolute Gasteiger partial charge is 0.394 e. The topological polar surface area (TPSA) is 176 Å². The highest BCUT2D eigenvalue weighted by Crippen LogP contribution is 2.61. The number of hydrogen-bond donors (Lipinski definition) is 3. The molecule has 2 unspecified atom stereocenters. The van der Waals surface area contributed by atoms with Crippen LogP contribution in [0, 0.1) is 19.3 Å². The Balaban J connectivity index is 1.32. The molecule has 6 rings (SSSR count). The Morgan fingerprint density at radius 2 is 1.88 bits per heavy atom. The number of carbonyl (C=O) groups excluding carboxylic acids is 3. The number of amides is 2. The first-order chi connectivity index (χ1) is 20.5.